The van der Waals surface area contributed by atoms with Crippen molar-refractivity contribution < 1.29 is 9.18 Å². The molecule has 1 aliphatic heterocycles. The normalized spacial score (nSPS) is 14.1. The number of anilines is 1. The van der Waals surface area contributed by atoms with E-state index in [9.17, 15) is 19.2 Å². The van der Waals surface area contributed by atoms with Gasteiger partial charge < -0.3 is 14.8 Å². The number of pyridine rings is 1. The third-order valence-corrected chi connectivity index (χ3v) is 7.27. The van der Waals surface area contributed by atoms with Gasteiger partial charge in [-0.3, -0.25) is 9.59 Å². The van der Waals surface area contributed by atoms with Gasteiger partial charge in [-0.15, -0.1) is 11.3 Å². The molecular formula is C27H23FN4O2S. The maximum atomic E-state index is 13.5. The van der Waals surface area contributed by atoms with E-state index in [1.807, 2.05) is 35.7 Å². The zero-order valence-electron chi connectivity index (χ0n) is 18.9. The molecule has 1 N–H and O–H groups in total. The van der Waals surface area contributed by atoms with Gasteiger partial charge in [0, 0.05) is 24.5 Å². The molecule has 4 aromatic rings. The number of fused-ring (bicyclic) bond motifs is 1. The first-order valence-electron chi connectivity index (χ1n) is 11.4. The number of nitriles is 1. The van der Waals surface area contributed by atoms with E-state index >= 15 is 0 Å². The van der Waals surface area contributed by atoms with Gasteiger partial charge in [-0.2, -0.15) is 5.26 Å². The molecule has 5 rings (SSSR count). The standard InChI is InChI=1S/C27H23FN4O2S/c28-19-9-7-18(8-10-19)17-32-23-5-2-1-4-21(23)25(22(16-29)27(32)34)31-13-11-20(12-14-31)30-26(33)24-6-3-15-35-24/h1-10,15,20H,11-14,17H2,(H,30,33). The molecule has 0 atom stereocenters. The van der Waals surface area contributed by atoms with Crippen LogP contribution in [0.3, 0.4) is 0 Å². The summed E-state index contributed by atoms with van der Waals surface area (Å²) in [6, 6.07) is 19.4. The van der Waals surface area contributed by atoms with Crippen LogP contribution in [0.25, 0.3) is 10.9 Å². The summed E-state index contributed by atoms with van der Waals surface area (Å²) in [7, 11) is 0. The van der Waals surface area contributed by atoms with Crippen molar-refractivity contribution in [1.29, 1.82) is 5.26 Å². The van der Waals surface area contributed by atoms with Crippen LogP contribution in [0.4, 0.5) is 10.1 Å². The Hall–Kier alpha value is -3.96. The molecule has 0 aliphatic carbocycles. The number of rotatable bonds is 5. The van der Waals surface area contributed by atoms with E-state index < -0.39 is 0 Å². The number of hydrogen-bond acceptors (Lipinski definition) is 5. The van der Waals surface area contributed by atoms with Crippen LogP contribution in [0.5, 0.6) is 0 Å². The van der Waals surface area contributed by atoms with Crippen molar-refractivity contribution in [2.75, 3.05) is 18.0 Å². The highest BCUT2D eigenvalue weighted by Crippen LogP contribution is 2.31. The van der Waals surface area contributed by atoms with Crippen LogP contribution in [0.2, 0.25) is 0 Å². The maximum absolute atomic E-state index is 13.5. The average molecular weight is 487 g/mol. The number of para-hydroxylation sites is 1. The fraction of sp³-hybridized carbons (Fsp3) is 0.222. The van der Waals surface area contributed by atoms with Crippen molar-refractivity contribution >= 4 is 33.8 Å². The summed E-state index contributed by atoms with van der Waals surface area (Å²) in [6.45, 7) is 1.48. The van der Waals surface area contributed by atoms with Crippen LogP contribution in [0.15, 0.2) is 70.8 Å². The highest BCUT2D eigenvalue weighted by atomic mass is 32.1. The molecule has 1 fully saturated rings. The minimum atomic E-state index is -0.362. The highest BCUT2D eigenvalue weighted by Gasteiger charge is 2.26. The summed E-state index contributed by atoms with van der Waals surface area (Å²) in [6.07, 6.45) is 1.43. The number of hydrogen-bond donors (Lipinski definition) is 1. The van der Waals surface area contributed by atoms with Gasteiger partial charge >= 0.3 is 0 Å². The minimum absolute atomic E-state index is 0.0384. The number of carbonyl (C=O) groups excluding carboxylic acids is 1. The Morgan fingerprint density at radius 2 is 1.83 bits per heavy atom. The first-order chi connectivity index (χ1) is 17.0. The number of nitrogens with zero attached hydrogens (tertiary/aromatic N) is 3. The number of carbonyl (C=O) groups is 1. The summed E-state index contributed by atoms with van der Waals surface area (Å²) < 4.78 is 14.9. The van der Waals surface area contributed by atoms with Gasteiger partial charge in [-0.1, -0.05) is 36.4 Å². The number of nitrogens with one attached hydrogen (secondary N) is 1. The van der Waals surface area contributed by atoms with Crippen molar-refractivity contribution in [3.8, 4) is 6.07 Å². The molecule has 2 aromatic carbocycles. The quantitative estimate of drug-likeness (QED) is 0.450. The number of piperidine rings is 1. The SMILES string of the molecule is N#Cc1c(N2CCC(NC(=O)c3cccs3)CC2)c2ccccc2n(Cc2ccc(F)cc2)c1=O. The van der Waals surface area contributed by atoms with Crippen LogP contribution in [-0.2, 0) is 6.54 Å². The Morgan fingerprint density at radius 1 is 1.09 bits per heavy atom. The average Bonchev–Trinajstić information content (AvgIpc) is 3.42. The van der Waals surface area contributed by atoms with Gasteiger partial charge in [0.2, 0.25) is 0 Å². The van der Waals surface area contributed by atoms with E-state index in [2.05, 4.69) is 16.3 Å². The number of thiophene rings is 1. The van der Waals surface area contributed by atoms with Gasteiger partial charge in [-0.05, 0) is 48.1 Å². The summed E-state index contributed by atoms with van der Waals surface area (Å²) in [4.78, 5) is 28.7. The van der Waals surface area contributed by atoms with Crippen LogP contribution < -0.4 is 15.8 Å². The molecule has 8 heteroatoms. The lowest BCUT2D eigenvalue weighted by molar-refractivity contribution is 0.0935. The molecule has 3 heterocycles. The Labute approximate surface area is 205 Å². The second-order valence-electron chi connectivity index (χ2n) is 8.58. The Kier molecular flexibility index (Phi) is 6.34. The molecule has 0 unspecified atom stereocenters. The fourth-order valence-electron chi connectivity index (χ4n) is 4.66. The second kappa shape index (κ2) is 9.72. The first kappa shape index (κ1) is 22.8. The van der Waals surface area contributed by atoms with Gasteiger partial charge in [-0.25, -0.2) is 4.39 Å². The van der Waals surface area contributed by atoms with Crippen molar-refractivity contribution in [1.82, 2.24) is 9.88 Å². The van der Waals surface area contributed by atoms with Gasteiger partial charge in [0.05, 0.1) is 22.6 Å². The van der Waals surface area contributed by atoms with E-state index in [1.165, 1.54) is 23.5 Å². The highest BCUT2D eigenvalue weighted by molar-refractivity contribution is 7.12. The third kappa shape index (κ3) is 4.55. The van der Waals surface area contributed by atoms with Crippen molar-refractivity contribution in [3.63, 3.8) is 0 Å². The van der Waals surface area contributed by atoms with Crippen LogP contribution in [0.1, 0.15) is 33.6 Å². The van der Waals surface area contributed by atoms with Crippen molar-refractivity contribution in [2.45, 2.75) is 25.4 Å². The lowest BCUT2D eigenvalue weighted by atomic mass is 10.0. The zero-order chi connectivity index (χ0) is 24.4. The predicted molar refractivity (Wildman–Crippen MR) is 135 cm³/mol. The van der Waals surface area contributed by atoms with Crippen molar-refractivity contribution in [3.05, 3.63) is 98.2 Å². The molecule has 6 nitrogen and oxygen atoms in total. The smallest absolute Gasteiger partial charge is 0.271 e. The summed E-state index contributed by atoms with van der Waals surface area (Å²) >= 11 is 1.41. The maximum Gasteiger partial charge on any atom is 0.271 e. The molecule has 176 valence electrons. The van der Waals surface area contributed by atoms with Crippen LogP contribution >= 0.6 is 11.3 Å². The Morgan fingerprint density at radius 3 is 2.51 bits per heavy atom. The van der Waals surface area contributed by atoms with Gasteiger partial charge in [0.1, 0.15) is 17.4 Å². The summed E-state index contributed by atoms with van der Waals surface area (Å²) in [5.41, 5.74) is 1.89. The lowest BCUT2D eigenvalue weighted by Crippen LogP contribution is -2.45. The number of amides is 1. The predicted octanol–water partition coefficient (Wildman–Crippen LogP) is 4.52. The summed E-state index contributed by atoms with van der Waals surface area (Å²) in [5, 5.41) is 15.8. The van der Waals surface area contributed by atoms with E-state index in [4.69, 9.17) is 0 Å². The first-order valence-corrected chi connectivity index (χ1v) is 12.3. The monoisotopic (exact) mass is 486 g/mol. The molecule has 0 bridgehead atoms. The van der Waals surface area contributed by atoms with Crippen molar-refractivity contribution in [2.24, 2.45) is 0 Å². The molecule has 1 aliphatic rings. The second-order valence-corrected chi connectivity index (χ2v) is 9.53. The van der Waals surface area contributed by atoms with Gasteiger partial charge in [0.15, 0.2) is 0 Å². The topological polar surface area (TPSA) is 78.1 Å². The minimum Gasteiger partial charge on any atom is -0.370 e. The Balaban J connectivity index is 1.45. The number of aromatic nitrogens is 1. The molecule has 1 saturated heterocycles. The molecular weight excluding hydrogens is 463 g/mol. The lowest BCUT2D eigenvalue weighted by Gasteiger charge is -2.35. The van der Waals surface area contributed by atoms with Crippen LogP contribution in [-0.4, -0.2) is 29.6 Å². The fourth-order valence-corrected chi connectivity index (χ4v) is 5.29. The molecule has 0 radical (unpaired) electrons. The van der Waals surface area contributed by atoms with Gasteiger partial charge in [0.25, 0.3) is 11.5 Å². The number of benzene rings is 2. The third-order valence-electron chi connectivity index (χ3n) is 6.40. The van der Waals surface area contributed by atoms with E-state index in [-0.39, 0.29) is 35.4 Å². The molecule has 2 aromatic heterocycles. The molecule has 1 amide bonds. The van der Waals surface area contributed by atoms with E-state index in [0.717, 1.165) is 29.3 Å². The zero-order valence-corrected chi connectivity index (χ0v) is 19.7. The molecule has 0 spiro atoms. The van der Waals surface area contributed by atoms with Crippen LogP contribution in [0, 0.1) is 17.1 Å². The molecule has 35 heavy (non-hydrogen) atoms. The van der Waals surface area contributed by atoms with E-state index in [0.29, 0.717) is 23.7 Å². The summed E-state index contributed by atoms with van der Waals surface area (Å²) in [5.74, 6) is -0.404. The molecule has 0 saturated carbocycles. The largest absolute Gasteiger partial charge is 0.370 e. The van der Waals surface area contributed by atoms with E-state index in [1.54, 1.807) is 22.8 Å². The Bertz CT molecular complexity index is 1460. The number of halogens is 1.